The molecule has 0 bridgehead atoms. The van der Waals surface area contributed by atoms with E-state index in [1.807, 2.05) is 48.2 Å². The number of thioether (sulfide) groups is 1. The molecule has 3 aromatic rings. The second kappa shape index (κ2) is 5.71. The van der Waals surface area contributed by atoms with Crippen molar-refractivity contribution in [3.05, 3.63) is 88.9 Å². The first-order valence-corrected chi connectivity index (χ1v) is 8.35. The smallest absolute Gasteiger partial charge is 0.132 e. The Bertz CT molecular complexity index is 768. The summed E-state index contributed by atoms with van der Waals surface area (Å²) in [6.07, 6.45) is 0. The molecule has 0 amide bonds. The van der Waals surface area contributed by atoms with E-state index in [1.165, 1.54) is 16.0 Å². The third kappa shape index (κ3) is 2.49. The van der Waals surface area contributed by atoms with Crippen molar-refractivity contribution in [3.63, 3.8) is 0 Å². The number of halogens is 1. The number of rotatable bonds is 2. The molecule has 0 spiro atoms. The van der Waals surface area contributed by atoms with Gasteiger partial charge in [-0.15, -0.1) is 11.8 Å². The first-order chi connectivity index (χ1) is 10.8. The Balaban J connectivity index is 1.79. The van der Waals surface area contributed by atoms with Crippen molar-refractivity contribution in [2.24, 2.45) is 0 Å². The molecule has 0 aliphatic carbocycles. The summed E-state index contributed by atoms with van der Waals surface area (Å²) in [5, 5.41) is 0.986. The molecule has 108 valence electrons. The van der Waals surface area contributed by atoms with E-state index in [1.54, 1.807) is 0 Å². The minimum atomic E-state index is 0.224. The van der Waals surface area contributed by atoms with Gasteiger partial charge in [-0.05, 0) is 36.4 Å². The highest BCUT2D eigenvalue weighted by atomic mass is 35.5. The van der Waals surface area contributed by atoms with Crippen LogP contribution in [-0.4, -0.2) is 0 Å². The fourth-order valence-electron chi connectivity index (χ4n) is 2.64. The largest absolute Gasteiger partial charge is 0.457 e. The molecule has 3 heteroatoms. The van der Waals surface area contributed by atoms with Crippen molar-refractivity contribution in [2.75, 3.05) is 0 Å². The summed E-state index contributed by atoms with van der Waals surface area (Å²) in [5.41, 5.74) is 2.42. The van der Waals surface area contributed by atoms with Crippen LogP contribution in [0.25, 0.3) is 0 Å². The second-order valence-corrected chi connectivity index (χ2v) is 6.74. The number of ether oxygens (including phenoxy) is 1. The molecule has 1 aliphatic heterocycles. The molecule has 0 saturated carbocycles. The second-order valence-electron chi connectivity index (χ2n) is 5.13. The van der Waals surface area contributed by atoms with E-state index in [9.17, 15) is 0 Å². The predicted octanol–water partition coefficient (Wildman–Crippen LogP) is 6.33. The highest BCUT2D eigenvalue weighted by molar-refractivity contribution is 7.99. The van der Waals surface area contributed by atoms with E-state index in [4.69, 9.17) is 16.3 Å². The molecule has 4 rings (SSSR count). The first-order valence-electron chi connectivity index (χ1n) is 7.09. The van der Waals surface area contributed by atoms with E-state index in [0.717, 1.165) is 16.5 Å². The van der Waals surface area contributed by atoms with Crippen LogP contribution < -0.4 is 4.74 Å². The molecule has 3 aromatic carbocycles. The lowest BCUT2D eigenvalue weighted by Crippen LogP contribution is -2.07. The Labute approximate surface area is 138 Å². The molecule has 0 aromatic heterocycles. The SMILES string of the molecule is Clc1ccc(SC2c3ccccc3Oc3ccccc32)cc1. The van der Waals surface area contributed by atoms with Crippen LogP contribution in [0.3, 0.4) is 0 Å². The summed E-state index contributed by atoms with van der Waals surface area (Å²) < 4.78 is 6.03. The monoisotopic (exact) mass is 324 g/mol. The summed E-state index contributed by atoms with van der Waals surface area (Å²) in [5.74, 6) is 1.88. The van der Waals surface area contributed by atoms with Crippen molar-refractivity contribution in [2.45, 2.75) is 10.1 Å². The molecule has 1 heterocycles. The van der Waals surface area contributed by atoms with E-state index >= 15 is 0 Å². The highest BCUT2D eigenvalue weighted by Gasteiger charge is 2.27. The average molecular weight is 325 g/mol. The van der Waals surface area contributed by atoms with Crippen molar-refractivity contribution in [1.29, 1.82) is 0 Å². The molecule has 1 aliphatic rings. The van der Waals surface area contributed by atoms with Crippen LogP contribution in [-0.2, 0) is 0 Å². The van der Waals surface area contributed by atoms with Crippen molar-refractivity contribution in [3.8, 4) is 11.5 Å². The van der Waals surface area contributed by atoms with E-state index in [0.29, 0.717) is 0 Å². The summed E-state index contributed by atoms with van der Waals surface area (Å²) >= 11 is 7.81. The quantitative estimate of drug-likeness (QED) is 0.545. The van der Waals surface area contributed by atoms with Crippen LogP contribution in [0.5, 0.6) is 11.5 Å². The molecular weight excluding hydrogens is 312 g/mol. The molecule has 0 radical (unpaired) electrons. The van der Waals surface area contributed by atoms with Gasteiger partial charge in [0.05, 0.1) is 5.25 Å². The van der Waals surface area contributed by atoms with Gasteiger partial charge in [0.25, 0.3) is 0 Å². The maximum atomic E-state index is 6.03. The van der Waals surface area contributed by atoms with Crippen LogP contribution in [0.2, 0.25) is 5.02 Å². The Morgan fingerprint density at radius 1 is 0.727 bits per heavy atom. The zero-order valence-electron chi connectivity index (χ0n) is 11.7. The van der Waals surface area contributed by atoms with Crippen LogP contribution in [0.15, 0.2) is 77.7 Å². The Morgan fingerprint density at radius 3 is 1.86 bits per heavy atom. The van der Waals surface area contributed by atoms with Gasteiger partial charge in [0, 0.05) is 21.0 Å². The van der Waals surface area contributed by atoms with Gasteiger partial charge in [-0.1, -0.05) is 48.0 Å². The van der Waals surface area contributed by atoms with Crippen LogP contribution in [0.1, 0.15) is 16.4 Å². The van der Waals surface area contributed by atoms with Gasteiger partial charge in [0.2, 0.25) is 0 Å². The molecule has 22 heavy (non-hydrogen) atoms. The standard InChI is InChI=1S/C19H13ClOS/c20-13-9-11-14(12-10-13)22-19-15-5-1-3-7-17(15)21-18-8-4-2-6-16(18)19/h1-12,19H. The molecule has 1 nitrogen and oxygen atoms in total. The molecular formula is C19H13ClOS. The molecule has 0 atom stereocenters. The Morgan fingerprint density at radius 2 is 1.27 bits per heavy atom. The third-order valence-corrected chi connectivity index (χ3v) is 5.23. The van der Waals surface area contributed by atoms with Crippen LogP contribution in [0, 0.1) is 0 Å². The number of hydrogen-bond acceptors (Lipinski definition) is 2. The summed E-state index contributed by atoms with van der Waals surface area (Å²) in [4.78, 5) is 1.20. The normalized spacial score (nSPS) is 13.1. The lowest BCUT2D eigenvalue weighted by molar-refractivity contribution is 0.459. The number of benzene rings is 3. The van der Waals surface area contributed by atoms with Crippen LogP contribution >= 0.6 is 23.4 Å². The number of fused-ring (bicyclic) bond motifs is 2. The zero-order chi connectivity index (χ0) is 14.9. The van der Waals surface area contributed by atoms with Gasteiger partial charge in [-0.3, -0.25) is 0 Å². The van der Waals surface area contributed by atoms with Gasteiger partial charge in [0.15, 0.2) is 0 Å². The lowest BCUT2D eigenvalue weighted by Gasteiger charge is -2.27. The Kier molecular flexibility index (Phi) is 3.57. The van der Waals surface area contributed by atoms with Crippen LogP contribution in [0.4, 0.5) is 0 Å². The molecule has 0 unspecified atom stereocenters. The zero-order valence-corrected chi connectivity index (χ0v) is 13.3. The van der Waals surface area contributed by atoms with E-state index < -0.39 is 0 Å². The minimum Gasteiger partial charge on any atom is -0.457 e. The summed E-state index contributed by atoms with van der Waals surface area (Å²) in [6.45, 7) is 0. The predicted molar refractivity (Wildman–Crippen MR) is 92.1 cm³/mol. The lowest BCUT2D eigenvalue weighted by atomic mass is 10.00. The maximum absolute atomic E-state index is 6.03. The third-order valence-electron chi connectivity index (χ3n) is 3.69. The number of para-hydroxylation sites is 2. The van der Waals surface area contributed by atoms with Gasteiger partial charge >= 0.3 is 0 Å². The molecule has 0 N–H and O–H groups in total. The van der Waals surface area contributed by atoms with Gasteiger partial charge in [-0.25, -0.2) is 0 Å². The van der Waals surface area contributed by atoms with Crippen molar-refractivity contribution >= 4 is 23.4 Å². The minimum absolute atomic E-state index is 0.224. The fourth-order valence-corrected chi connectivity index (χ4v) is 3.98. The maximum Gasteiger partial charge on any atom is 0.132 e. The average Bonchev–Trinajstić information content (AvgIpc) is 2.56. The Hall–Kier alpha value is -1.90. The van der Waals surface area contributed by atoms with Gasteiger partial charge in [0.1, 0.15) is 11.5 Å². The van der Waals surface area contributed by atoms with Gasteiger partial charge in [-0.2, -0.15) is 0 Å². The van der Waals surface area contributed by atoms with E-state index in [2.05, 4.69) is 36.4 Å². The molecule has 0 fully saturated rings. The molecule has 0 saturated heterocycles. The fraction of sp³-hybridized carbons (Fsp3) is 0.0526. The highest BCUT2D eigenvalue weighted by Crippen LogP contribution is 2.51. The van der Waals surface area contributed by atoms with Crippen molar-refractivity contribution in [1.82, 2.24) is 0 Å². The summed E-state index contributed by atoms with van der Waals surface area (Å²) in [6, 6.07) is 24.5. The van der Waals surface area contributed by atoms with Crippen molar-refractivity contribution < 1.29 is 4.74 Å². The topological polar surface area (TPSA) is 9.23 Å². The number of hydrogen-bond donors (Lipinski definition) is 0. The summed E-state index contributed by atoms with van der Waals surface area (Å²) in [7, 11) is 0. The van der Waals surface area contributed by atoms with E-state index in [-0.39, 0.29) is 5.25 Å². The van der Waals surface area contributed by atoms with Gasteiger partial charge < -0.3 is 4.74 Å². The first kappa shape index (κ1) is 13.7.